The predicted molar refractivity (Wildman–Crippen MR) is 64.7 cm³/mol. The van der Waals surface area contributed by atoms with Crippen LogP contribution >= 0.6 is 22.9 Å². The molecule has 3 rings (SSSR count). The lowest BCUT2D eigenvalue weighted by molar-refractivity contribution is 1.09. The molecule has 0 aliphatic rings. The molecule has 16 heavy (non-hydrogen) atoms. The third-order valence-corrected chi connectivity index (χ3v) is 3.32. The van der Waals surface area contributed by atoms with E-state index in [-0.39, 0.29) is 5.28 Å². The second-order valence-corrected chi connectivity index (χ2v) is 4.87. The number of thiophene rings is 1. The van der Waals surface area contributed by atoms with Gasteiger partial charge in [0, 0.05) is 15.8 Å². The largest absolute Gasteiger partial charge is 0.261 e. The van der Waals surface area contributed by atoms with E-state index in [1.807, 2.05) is 0 Å². The van der Waals surface area contributed by atoms with Gasteiger partial charge in [0.05, 0.1) is 17.3 Å². The van der Waals surface area contributed by atoms with E-state index in [0.29, 0.717) is 5.65 Å². The molecular formula is C10H7ClN4S. The number of halogens is 1. The zero-order chi connectivity index (χ0) is 11.1. The standard InChI is InChI=1S/C10H7ClN4S/c1-5-2-6(4-16-5)8-7-3-12-15-9(7)14-10(11)13-8/h2-4H,1H3,(H,12,13,14,15). The fourth-order valence-electron chi connectivity index (χ4n) is 1.60. The summed E-state index contributed by atoms with van der Waals surface area (Å²) in [5.74, 6) is 0. The first-order valence-electron chi connectivity index (χ1n) is 4.66. The average Bonchev–Trinajstić information content (AvgIpc) is 2.84. The van der Waals surface area contributed by atoms with Gasteiger partial charge < -0.3 is 0 Å². The summed E-state index contributed by atoms with van der Waals surface area (Å²) in [4.78, 5) is 9.56. The quantitative estimate of drug-likeness (QED) is 0.676. The molecule has 0 fully saturated rings. The van der Waals surface area contributed by atoms with Crippen LogP contribution in [0, 0.1) is 6.92 Å². The van der Waals surface area contributed by atoms with Gasteiger partial charge in [-0.3, -0.25) is 5.10 Å². The topological polar surface area (TPSA) is 54.5 Å². The molecule has 0 saturated carbocycles. The van der Waals surface area contributed by atoms with Crippen molar-refractivity contribution in [1.29, 1.82) is 0 Å². The van der Waals surface area contributed by atoms with Crippen LogP contribution in [0.1, 0.15) is 4.88 Å². The van der Waals surface area contributed by atoms with Gasteiger partial charge in [0.2, 0.25) is 5.28 Å². The number of rotatable bonds is 1. The van der Waals surface area contributed by atoms with E-state index in [2.05, 4.69) is 38.5 Å². The average molecular weight is 251 g/mol. The molecule has 0 bridgehead atoms. The van der Waals surface area contributed by atoms with Crippen molar-refractivity contribution >= 4 is 34.0 Å². The lowest BCUT2D eigenvalue weighted by atomic mass is 10.2. The summed E-state index contributed by atoms with van der Waals surface area (Å²) >= 11 is 7.55. The van der Waals surface area contributed by atoms with Gasteiger partial charge in [-0.25, -0.2) is 4.98 Å². The summed E-state index contributed by atoms with van der Waals surface area (Å²) < 4.78 is 0. The maximum absolute atomic E-state index is 5.87. The molecule has 0 saturated heterocycles. The van der Waals surface area contributed by atoms with Crippen LogP contribution in [0.3, 0.4) is 0 Å². The Morgan fingerprint density at radius 3 is 3.00 bits per heavy atom. The van der Waals surface area contributed by atoms with Gasteiger partial charge in [-0.2, -0.15) is 10.1 Å². The van der Waals surface area contributed by atoms with Crippen LogP contribution in [0.5, 0.6) is 0 Å². The zero-order valence-corrected chi connectivity index (χ0v) is 9.93. The molecule has 0 aliphatic heterocycles. The number of hydrogen-bond acceptors (Lipinski definition) is 4. The zero-order valence-electron chi connectivity index (χ0n) is 8.36. The van der Waals surface area contributed by atoms with Crippen LogP contribution in [0.25, 0.3) is 22.3 Å². The highest BCUT2D eigenvalue weighted by Gasteiger charge is 2.11. The van der Waals surface area contributed by atoms with Gasteiger partial charge in [-0.05, 0) is 24.6 Å². The Morgan fingerprint density at radius 1 is 1.38 bits per heavy atom. The van der Waals surface area contributed by atoms with Crippen LogP contribution in [0.4, 0.5) is 0 Å². The molecule has 0 aliphatic carbocycles. The molecule has 3 aromatic heterocycles. The van der Waals surface area contributed by atoms with Crippen molar-refractivity contribution in [3.63, 3.8) is 0 Å². The molecule has 3 heterocycles. The van der Waals surface area contributed by atoms with Crippen LogP contribution in [0.15, 0.2) is 17.6 Å². The number of nitrogens with one attached hydrogen (secondary N) is 1. The maximum Gasteiger partial charge on any atom is 0.224 e. The Balaban J connectivity index is 2.33. The Morgan fingerprint density at radius 2 is 2.25 bits per heavy atom. The van der Waals surface area contributed by atoms with Gasteiger partial charge in [-0.15, -0.1) is 11.3 Å². The van der Waals surface area contributed by atoms with Crippen molar-refractivity contribution in [2.24, 2.45) is 0 Å². The number of fused-ring (bicyclic) bond motifs is 1. The highest BCUT2D eigenvalue weighted by atomic mass is 35.5. The van der Waals surface area contributed by atoms with Crippen molar-refractivity contribution in [2.45, 2.75) is 6.92 Å². The summed E-state index contributed by atoms with van der Waals surface area (Å²) in [6.45, 7) is 2.06. The van der Waals surface area contributed by atoms with Gasteiger partial charge in [-0.1, -0.05) is 0 Å². The molecule has 0 amide bonds. The number of nitrogens with zero attached hydrogens (tertiary/aromatic N) is 3. The number of H-pyrrole nitrogens is 1. The van der Waals surface area contributed by atoms with E-state index in [1.165, 1.54) is 4.88 Å². The van der Waals surface area contributed by atoms with E-state index in [1.54, 1.807) is 17.5 Å². The lowest BCUT2D eigenvalue weighted by Gasteiger charge is -1.99. The molecule has 0 radical (unpaired) electrons. The molecular weight excluding hydrogens is 244 g/mol. The Labute approximate surface area is 100 Å². The molecule has 80 valence electrons. The second-order valence-electron chi connectivity index (χ2n) is 3.42. The smallest absolute Gasteiger partial charge is 0.224 e. The Hall–Kier alpha value is -1.46. The molecule has 4 nitrogen and oxygen atoms in total. The van der Waals surface area contributed by atoms with E-state index in [4.69, 9.17) is 11.6 Å². The Kier molecular flexibility index (Phi) is 2.15. The van der Waals surface area contributed by atoms with E-state index in [9.17, 15) is 0 Å². The van der Waals surface area contributed by atoms with E-state index in [0.717, 1.165) is 16.6 Å². The van der Waals surface area contributed by atoms with E-state index < -0.39 is 0 Å². The third kappa shape index (κ3) is 1.48. The normalized spacial score (nSPS) is 11.1. The summed E-state index contributed by atoms with van der Waals surface area (Å²) in [6.07, 6.45) is 1.72. The van der Waals surface area contributed by atoms with Crippen LogP contribution in [0.2, 0.25) is 5.28 Å². The first-order chi connectivity index (χ1) is 7.74. The lowest BCUT2D eigenvalue weighted by Crippen LogP contribution is -1.88. The minimum absolute atomic E-state index is 0.232. The predicted octanol–water partition coefficient (Wildman–Crippen LogP) is 3.04. The molecule has 6 heteroatoms. The van der Waals surface area contributed by atoms with Crippen LogP contribution in [-0.2, 0) is 0 Å². The van der Waals surface area contributed by atoms with Crippen LogP contribution < -0.4 is 0 Å². The fraction of sp³-hybridized carbons (Fsp3) is 0.100. The molecule has 0 spiro atoms. The monoisotopic (exact) mass is 250 g/mol. The van der Waals surface area contributed by atoms with Gasteiger partial charge in [0.1, 0.15) is 0 Å². The number of hydrogen-bond donors (Lipinski definition) is 1. The van der Waals surface area contributed by atoms with Crippen molar-refractivity contribution in [2.75, 3.05) is 0 Å². The Bertz CT molecular complexity index is 658. The molecule has 3 aromatic rings. The van der Waals surface area contributed by atoms with Crippen molar-refractivity contribution in [3.8, 4) is 11.3 Å². The molecule has 0 unspecified atom stereocenters. The summed E-state index contributed by atoms with van der Waals surface area (Å²) in [5, 5.41) is 9.93. The first-order valence-corrected chi connectivity index (χ1v) is 5.92. The molecule has 0 aromatic carbocycles. The van der Waals surface area contributed by atoms with Gasteiger partial charge >= 0.3 is 0 Å². The van der Waals surface area contributed by atoms with Gasteiger partial charge in [0.15, 0.2) is 5.65 Å². The highest BCUT2D eigenvalue weighted by molar-refractivity contribution is 7.10. The number of aryl methyl sites for hydroxylation is 1. The van der Waals surface area contributed by atoms with Crippen molar-refractivity contribution in [1.82, 2.24) is 20.2 Å². The third-order valence-electron chi connectivity index (χ3n) is 2.29. The second kappa shape index (κ2) is 3.54. The minimum atomic E-state index is 0.232. The van der Waals surface area contributed by atoms with E-state index >= 15 is 0 Å². The SMILES string of the molecule is Cc1cc(-c2nc(Cl)nc3[nH]ncc23)cs1. The summed E-state index contributed by atoms with van der Waals surface area (Å²) in [6, 6.07) is 2.08. The highest BCUT2D eigenvalue weighted by Crippen LogP contribution is 2.29. The fourth-order valence-corrected chi connectivity index (χ4v) is 2.45. The van der Waals surface area contributed by atoms with Crippen LogP contribution in [-0.4, -0.2) is 20.2 Å². The maximum atomic E-state index is 5.87. The minimum Gasteiger partial charge on any atom is -0.261 e. The number of aromatic nitrogens is 4. The molecule has 1 N–H and O–H groups in total. The number of aromatic amines is 1. The summed E-state index contributed by atoms with van der Waals surface area (Å²) in [7, 11) is 0. The van der Waals surface area contributed by atoms with Gasteiger partial charge in [0.25, 0.3) is 0 Å². The molecule has 0 atom stereocenters. The first kappa shape index (κ1) is 9.74. The van der Waals surface area contributed by atoms with Crippen molar-refractivity contribution in [3.05, 3.63) is 27.8 Å². The summed E-state index contributed by atoms with van der Waals surface area (Å²) in [5.41, 5.74) is 2.55. The van der Waals surface area contributed by atoms with Crippen molar-refractivity contribution < 1.29 is 0 Å².